The molecule has 0 unspecified atom stereocenters. The van der Waals surface area contributed by atoms with E-state index in [1.54, 1.807) is 0 Å². The monoisotopic (exact) mass is 214 g/mol. The van der Waals surface area contributed by atoms with E-state index in [1.165, 1.54) is 24.8 Å². The summed E-state index contributed by atoms with van der Waals surface area (Å²) in [7, 11) is 0. The molecule has 0 aliphatic carbocycles. The first kappa shape index (κ1) is 9.79. The van der Waals surface area contributed by atoms with Crippen LogP contribution in [0.2, 0.25) is 0 Å². The molecule has 0 saturated carbocycles. The zero-order valence-corrected chi connectivity index (χ0v) is 8.03. The highest BCUT2D eigenvalue weighted by molar-refractivity contribution is 5.95. The second-order valence-electron chi connectivity index (χ2n) is 2.86. The fourth-order valence-corrected chi connectivity index (χ4v) is 1.12. The highest BCUT2D eigenvalue weighted by Gasteiger charge is 2.16. The standard InChI is InChI=1S/C9H6N6O/c10-3-6-4-14-15(8(6)11)9(16)7-5-12-1-2-13-7/h1-2,4-5H,11H2. The zero-order valence-electron chi connectivity index (χ0n) is 8.03. The van der Waals surface area contributed by atoms with Crippen molar-refractivity contribution in [3.05, 3.63) is 36.0 Å². The van der Waals surface area contributed by atoms with E-state index in [4.69, 9.17) is 11.0 Å². The van der Waals surface area contributed by atoms with Crippen LogP contribution in [-0.4, -0.2) is 25.7 Å². The molecular weight excluding hydrogens is 208 g/mol. The lowest BCUT2D eigenvalue weighted by atomic mass is 10.3. The van der Waals surface area contributed by atoms with E-state index in [1.807, 2.05) is 6.07 Å². The van der Waals surface area contributed by atoms with Crippen molar-refractivity contribution in [1.82, 2.24) is 19.7 Å². The highest BCUT2D eigenvalue weighted by Crippen LogP contribution is 2.10. The van der Waals surface area contributed by atoms with Gasteiger partial charge >= 0.3 is 0 Å². The first-order chi connectivity index (χ1) is 7.74. The molecule has 0 atom stereocenters. The van der Waals surface area contributed by atoms with Crippen LogP contribution >= 0.6 is 0 Å². The molecule has 2 N–H and O–H groups in total. The van der Waals surface area contributed by atoms with Crippen LogP contribution in [-0.2, 0) is 0 Å². The number of aromatic nitrogens is 4. The summed E-state index contributed by atoms with van der Waals surface area (Å²) in [6.07, 6.45) is 5.36. The first-order valence-corrected chi connectivity index (χ1v) is 4.28. The maximum Gasteiger partial charge on any atom is 0.300 e. The summed E-state index contributed by atoms with van der Waals surface area (Å²) in [6, 6.07) is 1.83. The SMILES string of the molecule is N#Cc1cnn(C(=O)c2cnccn2)c1N. The molecule has 0 amide bonds. The number of nitrogens with zero attached hydrogens (tertiary/aromatic N) is 5. The van der Waals surface area contributed by atoms with Gasteiger partial charge < -0.3 is 5.73 Å². The smallest absolute Gasteiger partial charge is 0.300 e. The molecule has 7 heteroatoms. The lowest BCUT2D eigenvalue weighted by Crippen LogP contribution is -2.17. The molecule has 2 aromatic heterocycles. The summed E-state index contributed by atoms with van der Waals surface area (Å²) < 4.78 is 0.919. The van der Waals surface area contributed by atoms with E-state index in [2.05, 4.69) is 15.1 Å². The Balaban J connectivity index is 2.43. The van der Waals surface area contributed by atoms with Crippen molar-refractivity contribution in [3.63, 3.8) is 0 Å². The average Bonchev–Trinajstić information content (AvgIpc) is 2.70. The van der Waals surface area contributed by atoms with Crippen LogP contribution in [0, 0.1) is 11.3 Å². The van der Waals surface area contributed by atoms with Gasteiger partial charge in [0.05, 0.1) is 12.4 Å². The number of nitriles is 1. The number of rotatable bonds is 1. The van der Waals surface area contributed by atoms with Crippen molar-refractivity contribution in [2.45, 2.75) is 0 Å². The summed E-state index contributed by atoms with van der Waals surface area (Å²) >= 11 is 0. The van der Waals surface area contributed by atoms with E-state index in [0.29, 0.717) is 0 Å². The Morgan fingerprint density at radius 2 is 2.25 bits per heavy atom. The number of carbonyl (C=O) groups excluding carboxylic acids is 1. The largest absolute Gasteiger partial charge is 0.382 e. The van der Waals surface area contributed by atoms with Gasteiger partial charge in [-0.05, 0) is 0 Å². The quantitative estimate of drug-likeness (QED) is 0.704. The second-order valence-corrected chi connectivity index (χ2v) is 2.86. The van der Waals surface area contributed by atoms with Crippen molar-refractivity contribution in [3.8, 4) is 6.07 Å². The van der Waals surface area contributed by atoms with Crippen LogP contribution in [0.15, 0.2) is 24.8 Å². The Labute approximate surface area is 90.2 Å². The molecular formula is C9H6N6O. The molecule has 0 aliphatic rings. The molecule has 0 fully saturated rings. The molecule has 2 rings (SSSR count). The molecule has 0 bridgehead atoms. The van der Waals surface area contributed by atoms with Gasteiger partial charge in [0.2, 0.25) is 0 Å². The van der Waals surface area contributed by atoms with Gasteiger partial charge in [0.25, 0.3) is 5.91 Å². The van der Waals surface area contributed by atoms with Gasteiger partial charge in [-0.15, -0.1) is 0 Å². The molecule has 0 saturated heterocycles. The zero-order chi connectivity index (χ0) is 11.5. The van der Waals surface area contributed by atoms with Crippen molar-refractivity contribution < 1.29 is 4.79 Å². The minimum atomic E-state index is -0.521. The predicted molar refractivity (Wildman–Crippen MR) is 53.1 cm³/mol. The number of nitrogens with two attached hydrogens (primary N) is 1. The van der Waals surface area contributed by atoms with E-state index in [9.17, 15) is 4.79 Å². The van der Waals surface area contributed by atoms with Gasteiger partial charge in [-0.1, -0.05) is 0 Å². The van der Waals surface area contributed by atoms with Crippen molar-refractivity contribution in [1.29, 1.82) is 5.26 Å². The Kier molecular flexibility index (Phi) is 2.31. The van der Waals surface area contributed by atoms with Gasteiger partial charge in [-0.2, -0.15) is 15.0 Å². The summed E-state index contributed by atoms with van der Waals surface area (Å²) in [5, 5.41) is 12.4. The third-order valence-corrected chi connectivity index (χ3v) is 1.90. The molecule has 2 aromatic rings. The van der Waals surface area contributed by atoms with Crippen molar-refractivity contribution >= 4 is 11.7 Å². The Bertz CT molecular complexity index is 567. The number of carbonyl (C=O) groups is 1. The minimum Gasteiger partial charge on any atom is -0.382 e. The molecule has 2 heterocycles. The van der Waals surface area contributed by atoms with E-state index >= 15 is 0 Å². The lowest BCUT2D eigenvalue weighted by Gasteiger charge is -2.00. The molecule has 78 valence electrons. The van der Waals surface area contributed by atoms with Crippen LogP contribution in [0.3, 0.4) is 0 Å². The summed E-state index contributed by atoms with van der Waals surface area (Å²) in [5.41, 5.74) is 5.82. The second kappa shape index (κ2) is 3.78. The first-order valence-electron chi connectivity index (χ1n) is 4.28. The van der Waals surface area contributed by atoms with Crippen molar-refractivity contribution in [2.75, 3.05) is 5.73 Å². The summed E-state index contributed by atoms with van der Waals surface area (Å²) in [4.78, 5) is 19.4. The molecule has 16 heavy (non-hydrogen) atoms. The van der Waals surface area contributed by atoms with Crippen LogP contribution in [0.25, 0.3) is 0 Å². The fourth-order valence-electron chi connectivity index (χ4n) is 1.12. The Morgan fingerprint density at radius 3 is 2.81 bits per heavy atom. The van der Waals surface area contributed by atoms with Crippen LogP contribution in [0.5, 0.6) is 0 Å². The predicted octanol–water partition coefficient (Wildman–Crippen LogP) is -0.185. The Morgan fingerprint density at radius 1 is 1.44 bits per heavy atom. The maximum atomic E-state index is 11.8. The summed E-state index contributed by atoms with van der Waals surface area (Å²) in [5.74, 6) is -0.523. The highest BCUT2D eigenvalue weighted by atomic mass is 16.2. The minimum absolute atomic E-state index is 0.00171. The molecule has 0 radical (unpaired) electrons. The van der Waals surface area contributed by atoms with Crippen LogP contribution in [0.1, 0.15) is 16.1 Å². The van der Waals surface area contributed by atoms with Gasteiger partial charge in [0.1, 0.15) is 23.1 Å². The molecule has 0 aromatic carbocycles. The topological polar surface area (TPSA) is 110 Å². The molecule has 7 nitrogen and oxygen atoms in total. The van der Waals surface area contributed by atoms with E-state index < -0.39 is 5.91 Å². The number of hydrogen-bond donors (Lipinski definition) is 1. The van der Waals surface area contributed by atoms with Gasteiger partial charge in [-0.3, -0.25) is 9.78 Å². The lowest BCUT2D eigenvalue weighted by molar-refractivity contribution is 0.0942. The molecule has 0 spiro atoms. The normalized spacial score (nSPS) is 9.69. The summed E-state index contributed by atoms with van der Waals surface area (Å²) in [6.45, 7) is 0. The fraction of sp³-hybridized carbons (Fsp3) is 0. The number of nitrogen functional groups attached to an aromatic ring is 1. The van der Waals surface area contributed by atoms with Gasteiger partial charge in [0, 0.05) is 12.4 Å². The van der Waals surface area contributed by atoms with Gasteiger partial charge in [-0.25, -0.2) is 4.98 Å². The van der Waals surface area contributed by atoms with E-state index in [-0.39, 0.29) is 17.1 Å². The van der Waals surface area contributed by atoms with Crippen LogP contribution in [0.4, 0.5) is 5.82 Å². The Hall–Kier alpha value is -2.75. The number of hydrogen-bond acceptors (Lipinski definition) is 6. The maximum absolute atomic E-state index is 11.8. The third-order valence-electron chi connectivity index (χ3n) is 1.90. The average molecular weight is 214 g/mol. The van der Waals surface area contributed by atoms with Crippen LogP contribution < -0.4 is 5.73 Å². The van der Waals surface area contributed by atoms with Crippen molar-refractivity contribution in [2.24, 2.45) is 0 Å². The van der Waals surface area contributed by atoms with E-state index in [0.717, 1.165) is 4.68 Å². The molecule has 0 aliphatic heterocycles. The third kappa shape index (κ3) is 1.48. The number of anilines is 1. The van der Waals surface area contributed by atoms with Gasteiger partial charge in [0.15, 0.2) is 0 Å².